The Kier molecular flexibility index (Phi) is 5.03. The number of halogens is 1. The fourth-order valence-corrected chi connectivity index (χ4v) is 0.808. The number of hydrogen-bond donors (Lipinski definition) is 0. The van der Waals surface area contributed by atoms with E-state index in [1.54, 1.807) is 0 Å². The molecular weight excluding hydrogens is 190 g/mol. The van der Waals surface area contributed by atoms with Crippen LogP contribution in [0.4, 0.5) is 0 Å². The molecule has 1 rings (SSSR count). The van der Waals surface area contributed by atoms with Crippen molar-refractivity contribution in [2.45, 2.75) is 0 Å². The first-order valence-corrected chi connectivity index (χ1v) is 3.12. The summed E-state index contributed by atoms with van der Waals surface area (Å²) >= 11 is 0. The van der Waals surface area contributed by atoms with Crippen LogP contribution in [0.5, 0.6) is 0 Å². The van der Waals surface area contributed by atoms with Crippen molar-refractivity contribution in [3.05, 3.63) is 37.1 Å². The van der Waals surface area contributed by atoms with Gasteiger partial charge in [0.05, 0.1) is 0 Å². The van der Waals surface area contributed by atoms with Gasteiger partial charge < -0.3 is 4.90 Å². The molecule has 1 heterocycles. The van der Waals surface area contributed by atoms with Gasteiger partial charge in [0, 0.05) is 13.1 Å². The summed E-state index contributed by atoms with van der Waals surface area (Å²) in [6.45, 7) is 5.62. The van der Waals surface area contributed by atoms with Crippen LogP contribution >= 0.6 is 17.0 Å². The van der Waals surface area contributed by atoms with Gasteiger partial charge in [-0.3, -0.25) is 0 Å². The zero-order chi connectivity index (χ0) is 6.53. The molecule has 1 aliphatic rings. The van der Waals surface area contributed by atoms with Gasteiger partial charge in [0.1, 0.15) is 0 Å². The lowest BCUT2D eigenvalue weighted by molar-refractivity contribution is 0.458. The molecule has 0 aromatic heterocycles. The smallest absolute Gasteiger partial charge is 0.0360 e. The lowest BCUT2D eigenvalue weighted by Gasteiger charge is -2.17. The minimum atomic E-state index is 0. The van der Waals surface area contributed by atoms with Crippen LogP contribution in [0.3, 0.4) is 0 Å². The Balaban J connectivity index is 0.000000810. The Labute approximate surface area is 72.5 Å². The highest BCUT2D eigenvalue weighted by molar-refractivity contribution is 8.93. The predicted octanol–water partition coefficient (Wildman–Crippen LogP) is 2.14. The molecular formula is C8H12BrN. The lowest BCUT2D eigenvalue weighted by Crippen LogP contribution is -2.18. The first kappa shape index (κ1) is 9.50. The Morgan fingerprint density at radius 3 is 2.80 bits per heavy atom. The highest BCUT2D eigenvalue weighted by Crippen LogP contribution is 1.96. The van der Waals surface area contributed by atoms with E-state index in [1.165, 1.54) is 0 Å². The average Bonchev–Trinajstić information content (AvgIpc) is 1.91. The van der Waals surface area contributed by atoms with Gasteiger partial charge in [-0.25, -0.2) is 0 Å². The second-order valence-corrected chi connectivity index (χ2v) is 2.01. The molecule has 0 unspecified atom stereocenters. The third-order valence-electron chi connectivity index (χ3n) is 1.25. The zero-order valence-electron chi connectivity index (χ0n) is 5.86. The predicted molar refractivity (Wildman–Crippen MR) is 50.4 cm³/mol. The highest BCUT2D eigenvalue weighted by atomic mass is 79.9. The topological polar surface area (TPSA) is 3.24 Å². The quantitative estimate of drug-likeness (QED) is 0.620. The molecule has 1 nitrogen and oxygen atoms in total. The molecule has 0 saturated carbocycles. The van der Waals surface area contributed by atoms with E-state index in [1.807, 2.05) is 12.2 Å². The maximum Gasteiger partial charge on any atom is 0.0360 e. The first-order valence-electron chi connectivity index (χ1n) is 3.12. The minimum absolute atomic E-state index is 0. The summed E-state index contributed by atoms with van der Waals surface area (Å²) in [7, 11) is 0. The third kappa shape index (κ3) is 2.87. The molecule has 0 fully saturated rings. The second kappa shape index (κ2) is 5.30. The molecule has 0 spiro atoms. The van der Waals surface area contributed by atoms with E-state index in [2.05, 4.69) is 29.8 Å². The summed E-state index contributed by atoms with van der Waals surface area (Å²) in [4.78, 5) is 2.19. The van der Waals surface area contributed by atoms with Crippen LogP contribution in [-0.4, -0.2) is 18.0 Å². The SMILES string of the molecule is Br.C=CCN1C=CC=CC1. The molecule has 10 heavy (non-hydrogen) atoms. The molecule has 0 N–H and O–H groups in total. The first-order chi connectivity index (χ1) is 4.43. The van der Waals surface area contributed by atoms with Crippen molar-refractivity contribution in [3.63, 3.8) is 0 Å². The summed E-state index contributed by atoms with van der Waals surface area (Å²) in [6.07, 6.45) is 10.2. The van der Waals surface area contributed by atoms with E-state index in [9.17, 15) is 0 Å². The van der Waals surface area contributed by atoms with Gasteiger partial charge >= 0.3 is 0 Å². The zero-order valence-corrected chi connectivity index (χ0v) is 7.58. The lowest BCUT2D eigenvalue weighted by atomic mass is 10.3. The maximum absolute atomic E-state index is 3.66. The molecule has 1 aliphatic heterocycles. The van der Waals surface area contributed by atoms with Crippen molar-refractivity contribution in [2.75, 3.05) is 13.1 Å². The fraction of sp³-hybridized carbons (Fsp3) is 0.250. The van der Waals surface area contributed by atoms with E-state index in [0.29, 0.717) is 0 Å². The molecule has 0 bridgehead atoms. The number of allylic oxidation sites excluding steroid dienone is 2. The second-order valence-electron chi connectivity index (χ2n) is 2.01. The van der Waals surface area contributed by atoms with Gasteiger partial charge in [-0.1, -0.05) is 18.2 Å². The standard InChI is InChI=1S/C8H11N.BrH/c1-2-6-9-7-4-3-5-8-9;/h2-5,7H,1,6,8H2;1H. The van der Waals surface area contributed by atoms with Crippen molar-refractivity contribution in [1.82, 2.24) is 4.90 Å². The van der Waals surface area contributed by atoms with Crippen LogP contribution in [0.15, 0.2) is 37.1 Å². The molecule has 56 valence electrons. The largest absolute Gasteiger partial charge is 0.370 e. The van der Waals surface area contributed by atoms with E-state index in [-0.39, 0.29) is 17.0 Å². The van der Waals surface area contributed by atoms with Gasteiger partial charge in [-0.05, 0) is 12.3 Å². The highest BCUT2D eigenvalue weighted by Gasteiger charge is 1.93. The van der Waals surface area contributed by atoms with Crippen molar-refractivity contribution < 1.29 is 0 Å². The van der Waals surface area contributed by atoms with Gasteiger partial charge in [-0.2, -0.15) is 0 Å². The van der Waals surface area contributed by atoms with E-state index in [0.717, 1.165) is 13.1 Å². The molecule has 0 amide bonds. The van der Waals surface area contributed by atoms with Gasteiger partial charge in [-0.15, -0.1) is 23.6 Å². The van der Waals surface area contributed by atoms with Crippen molar-refractivity contribution in [3.8, 4) is 0 Å². The Hall–Kier alpha value is -0.500. The minimum Gasteiger partial charge on any atom is -0.370 e. The Bertz CT molecular complexity index is 147. The summed E-state index contributed by atoms with van der Waals surface area (Å²) in [6, 6.07) is 0. The van der Waals surface area contributed by atoms with E-state index in [4.69, 9.17) is 0 Å². The van der Waals surface area contributed by atoms with Crippen molar-refractivity contribution >= 4 is 17.0 Å². The fourth-order valence-electron chi connectivity index (χ4n) is 0.808. The Morgan fingerprint density at radius 2 is 2.30 bits per heavy atom. The van der Waals surface area contributed by atoms with E-state index < -0.39 is 0 Å². The molecule has 0 radical (unpaired) electrons. The van der Waals surface area contributed by atoms with Crippen LogP contribution in [0.25, 0.3) is 0 Å². The number of hydrogen-bond acceptors (Lipinski definition) is 1. The van der Waals surface area contributed by atoms with Gasteiger partial charge in [0.2, 0.25) is 0 Å². The molecule has 2 heteroatoms. The van der Waals surface area contributed by atoms with E-state index >= 15 is 0 Å². The normalized spacial score (nSPS) is 14.6. The van der Waals surface area contributed by atoms with Crippen molar-refractivity contribution in [1.29, 1.82) is 0 Å². The Morgan fingerprint density at radius 1 is 1.50 bits per heavy atom. The molecule has 0 aromatic rings. The summed E-state index contributed by atoms with van der Waals surface area (Å²) in [5, 5.41) is 0. The molecule has 0 saturated heterocycles. The van der Waals surface area contributed by atoms with Crippen LogP contribution in [0.2, 0.25) is 0 Å². The maximum atomic E-state index is 3.66. The van der Waals surface area contributed by atoms with Crippen LogP contribution in [0.1, 0.15) is 0 Å². The van der Waals surface area contributed by atoms with Crippen LogP contribution < -0.4 is 0 Å². The van der Waals surface area contributed by atoms with Crippen LogP contribution in [-0.2, 0) is 0 Å². The summed E-state index contributed by atoms with van der Waals surface area (Å²) in [5.41, 5.74) is 0. The monoisotopic (exact) mass is 201 g/mol. The average molecular weight is 202 g/mol. The molecule has 0 aliphatic carbocycles. The summed E-state index contributed by atoms with van der Waals surface area (Å²) in [5.74, 6) is 0. The van der Waals surface area contributed by atoms with Gasteiger partial charge in [0.15, 0.2) is 0 Å². The third-order valence-corrected chi connectivity index (χ3v) is 1.25. The summed E-state index contributed by atoms with van der Waals surface area (Å²) < 4.78 is 0. The molecule has 0 aromatic carbocycles. The molecule has 0 atom stereocenters. The van der Waals surface area contributed by atoms with Gasteiger partial charge in [0.25, 0.3) is 0 Å². The van der Waals surface area contributed by atoms with Crippen molar-refractivity contribution in [2.24, 2.45) is 0 Å². The number of nitrogens with zero attached hydrogens (tertiary/aromatic N) is 1. The van der Waals surface area contributed by atoms with Crippen LogP contribution in [0, 0.1) is 0 Å². The number of rotatable bonds is 2.